The second-order valence-corrected chi connectivity index (χ2v) is 4.63. The van der Waals surface area contributed by atoms with Crippen molar-refractivity contribution in [2.45, 2.75) is 23.7 Å². The average Bonchev–Trinajstić information content (AvgIpc) is 2.18. The van der Waals surface area contributed by atoms with Gasteiger partial charge in [0.15, 0.2) is 0 Å². The van der Waals surface area contributed by atoms with Crippen molar-refractivity contribution in [2.24, 2.45) is 0 Å². The molecule has 0 amide bonds. The lowest BCUT2D eigenvalue weighted by molar-refractivity contribution is -0.136. The van der Waals surface area contributed by atoms with Crippen molar-refractivity contribution in [3.8, 4) is 6.07 Å². The number of nitriles is 1. The first-order valence-electron chi connectivity index (χ1n) is 4.74. The van der Waals surface area contributed by atoms with Gasteiger partial charge in [0.05, 0.1) is 18.1 Å². The zero-order chi connectivity index (χ0) is 13.9. The summed E-state index contributed by atoms with van der Waals surface area (Å²) in [6, 6.07) is 4.02. The van der Waals surface area contributed by atoms with Gasteiger partial charge in [0.1, 0.15) is 0 Å². The lowest BCUT2D eigenvalue weighted by Crippen LogP contribution is -2.06. The Kier molecular flexibility index (Phi) is 4.24. The molecule has 0 atom stereocenters. The Morgan fingerprint density at radius 1 is 1.50 bits per heavy atom. The molecule has 0 aromatic heterocycles. The molecule has 1 rings (SSSR count). The minimum absolute atomic E-state index is 0.0378. The number of rotatable bonds is 3. The van der Waals surface area contributed by atoms with Crippen LogP contribution >= 0.6 is 11.8 Å². The van der Waals surface area contributed by atoms with Gasteiger partial charge in [-0.15, -0.1) is 0 Å². The highest BCUT2D eigenvalue weighted by Crippen LogP contribution is 2.38. The molecule has 0 radical (unpaired) electrons. The van der Waals surface area contributed by atoms with Crippen molar-refractivity contribution < 1.29 is 23.1 Å². The maximum Gasteiger partial charge on any atom is 0.446 e. The largest absolute Gasteiger partial charge is 0.481 e. The quantitative estimate of drug-likeness (QED) is 0.861. The molecule has 0 aliphatic carbocycles. The average molecular weight is 275 g/mol. The van der Waals surface area contributed by atoms with E-state index in [-0.39, 0.29) is 34.2 Å². The molecular formula is C11H8F3NO2S. The van der Waals surface area contributed by atoms with Crippen molar-refractivity contribution in [1.82, 2.24) is 0 Å². The number of hydrogen-bond acceptors (Lipinski definition) is 3. The van der Waals surface area contributed by atoms with Crippen LogP contribution in [0.5, 0.6) is 0 Å². The van der Waals surface area contributed by atoms with Crippen LogP contribution in [-0.2, 0) is 11.2 Å². The summed E-state index contributed by atoms with van der Waals surface area (Å²) in [5.41, 5.74) is -3.86. The van der Waals surface area contributed by atoms with E-state index in [4.69, 9.17) is 10.4 Å². The van der Waals surface area contributed by atoms with Gasteiger partial charge in [-0.25, -0.2) is 0 Å². The topological polar surface area (TPSA) is 61.1 Å². The fraction of sp³-hybridized carbons (Fsp3) is 0.273. The van der Waals surface area contributed by atoms with Gasteiger partial charge in [0.2, 0.25) is 0 Å². The number of carbonyl (C=O) groups is 1. The van der Waals surface area contributed by atoms with Gasteiger partial charge in [0.25, 0.3) is 0 Å². The molecule has 96 valence electrons. The molecule has 0 bridgehead atoms. The van der Waals surface area contributed by atoms with Crippen molar-refractivity contribution >= 4 is 17.7 Å². The summed E-state index contributed by atoms with van der Waals surface area (Å²) < 4.78 is 36.6. The fourth-order valence-corrected chi connectivity index (χ4v) is 2.14. The standard InChI is InChI=1S/C11H8F3NO2S/c1-6-2-8(18-11(12,13)14)3-7(5-15)9(6)4-10(16)17/h2-3H,4H2,1H3,(H,16,17). The molecule has 7 heteroatoms. The smallest absolute Gasteiger partial charge is 0.446 e. The maximum absolute atomic E-state index is 12.2. The van der Waals surface area contributed by atoms with E-state index >= 15 is 0 Å². The summed E-state index contributed by atoms with van der Waals surface area (Å²) in [6.07, 6.45) is -0.383. The third kappa shape index (κ3) is 3.96. The van der Waals surface area contributed by atoms with E-state index in [0.717, 1.165) is 6.07 Å². The molecule has 1 N–H and O–H groups in total. The first kappa shape index (κ1) is 14.4. The number of alkyl halides is 3. The molecule has 1 aromatic rings. The van der Waals surface area contributed by atoms with E-state index in [2.05, 4.69) is 0 Å². The molecule has 18 heavy (non-hydrogen) atoms. The van der Waals surface area contributed by atoms with Gasteiger partial charge in [0, 0.05) is 4.90 Å². The Morgan fingerprint density at radius 2 is 2.11 bits per heavy atom. The number of thioether (sulfide) groups is 1. The van der Waals surface area contributed by atoms with Crippen LogP contribution in [0.25, 0.3) is 0 Å². The Bertz CT molecular complexity index is 520. The summed E-state index contributed by atoms with van der Waals surface area (Å²) in [5.74, 6) is -1.13. The third-order valence-corrected chi connectivity index (χ3v) is 2.83. The molecule has 0 saturated heterocycles. The molecule has 0 aliphatic rings. The lowest BCUT2D eigenvalue weighted by atomic mass is 10.00. The Morgan fingerprint density at radius 3 is 2.56 bits per heavy atom. The molecule has 0 aliphatic heterocycles. The minimum atomic E-state index is -4.44. The predicted molar refractivity (Wildman–Crippen MR) is 59.1 cm³/mol. The number of benzene rings is 1. The van der Waals surface area contributed by atoms with Crippen molar-refractivity contribution in [1.29, 1.82) is 5.26 Å². The summed E-state index contributed by atoms with van der Waals surface area (Å²) in [5, 5.41) is 17.5. The van der Waals surface area contributed by atoms with Crippen molar-refractivity contribution in [3.63, 3.8) is 0 Å². The normalized spacial score (nSPS) is 11.1. The highest BCUT2D eigenvalue weighted by atomic mass is 32.2. The highest BCUT2D eigenvalue weighted by molar-refractivity contribution is 8.00. The number of aryl methyl sites for hydroxylation is 1. The zero-order valence-electron chi connectivity index (χ0n) is 9.21. The highest BCUT2D eigenvalue weighted by Gasteiger charge is 2.29. The van der Waals surface area contributed by atoms with E-state index in [1.54, 1.807) is 6.07 Å². The molecular weight excluding hydrogens is 267 g/mol. The fourth-order valence-electron chi connectivity index (χ4n) is 1.46. The van der Waals surface area contributed by atoms with Crippen molar-refractivity contribution in [3.05, 3.63) is 28.8 Å². The third-order valence-electron chi connectivity index (χ3n) is 2.13. The number of halogens is 3. The Balaban J connectivity index is 3.19. The second-order valence-electron chi connectivity index (χ2n) is 3.50. The minimum Gasteiger partial charge on any atom is -0.481 e. The molecule has 0 spiro atoms. The number of nitrogens with zero attached hydrogens (tertiary/aromatic N) is 1. The van der Waals surface area contributed by atoms with Gasteiger partial charge in [-0.05, 0) is 41.9 Å². The first-order valence-corrected chi connectivity index (χ1v) is 5.55. The van der Waals surface area contributed by atoms with Gasteiger partial charge in [-0.1, -0.05) is 0 Å². The summed E-state index contributed by atoms with van der Waals surface area (Å²) in [6.45, 7) is 1.49. The van der Waals surface area contributed by atoms with E-state index < -0.39 is 11.5 Å². The van der Waals surface area contributed by atoms with Crippen LogP contribution in [0.4, 0.5) is 13.2 Å². The lowest BCUT2D eigenvalue weighted by Gasteiger charge is -2.10. The van der Waals surface area contributed by atoms with Crippen LogP contribution in [-0.4, -0.2) is 16.6 Å². The van der Waals surface area contributed by atoms with E-state index in [1.807, 2.05) is 0 Å². The number of aliphatic carboxylic acids is 1. The zero-order valence-corrected chi connectivity index (χ0v) is 10.0. The van der Waals surface area contributed by atoms with Crippen LogP contribution in [0.3, 0.4) is 0 Å². The van der Waals surface area contributed by atoms with E-state index in [9.17, 15) is 18.0 Å². The van der Waals surface area contributed by atoms with Crippen molar-refractivity contribution in [2.75, 3.05) is 0 Å². The van der Waals surface area contributed by atoms with Gasteiger partial charge in [-0.3, -0.25) is 4.79 Å². The predicted octanol–water partition coefficient (Wildman–Crippen LogP) is 3.11. The van der Waals surface area contributed by atoms with Gasteiger partial charge >= 0.3 is 11.5 Å². The molecule has 3 nitrogen and oxygen atoms in total. The SMILES string of the molecule is Cc1cc(SC(F)(F)F)cc(C#N)c1CC(=O)O. The van der Waals surface area contributed by atoms with E-state index in [1.165, 1.54) is 13.0 Å². The Hall–Kier alpha value is -1.68. The van der Waals surface area contributed by atoms with Crippen LogP contribution in [0.1, 0.15) is 16.7 Å². The molecule has 0 fully saturated rings. The summed E-state index contributed by atoms with van der Waals surface area (Å²) >= 11 is -0.327. The van der Waals surface area contributed by atoms with Crippen LogP contribution in [0.15, 0.2) is 17.0 Å². The number of hydrogen-bond donors (Lipinski definition) is 1. The van der Waals surface area contributed by atoms with Crippen LogP contribution < -0.4 is 0 Å². The summed E-state index contributed by atoms with van der Waals surface area (Å²) in [7, 11) is 0. The monoisotopic (exact) mass is 275 g/mol. The second kappa shape index (κ2) is 5.31. The van der Waals surface area contributed by atoms with Gasteiger partial charge in [-0.2, -0.15) is 18.4 Å². The number of carboxylic acids is 1. The van der Waals surface area contributed by atoms with E-state index in [0.29, 0.717) is 5.56 Å². The molecule has 0 heterocycles. The van der Waals surface area contributed by atoms with Crippen LogP contribution in [0, 0.1) is 18.3 Å². The van der Waals surface area contributed by atoms with Gasteiger partial charge < -0.3 is 5.11 Å². The number of carboxylic acid groups (broad SMARTS) is 1. The maximum atomic E-state index is 12.2. The van der Waals surface area contributed by atoms with Crippen LogP contribution in [0.2, 0.25) is 0 Å². The molecule has 0 unspecified atom stereocenters. The summed E-state index contributed by atoms with van der Waals surface area (Å²) in [4.78, 5) is 10.5. The molecule has 1 aromatic carbocycles. The molecule has 0 saturated carbocycles. The Labute approximate surface area is 105 Å². The first-order chi connectivity index (χ1) is 8.23.